The smallest absolute Gasteiger partial charge is 0.404 e. The molecule has 0 aromatic heterocycles. The number of nitrogens with two attached hydrogens (primary N) is 2. The fourth-order valence-corrected chi connectivity index (χ4v) is 2.67. The Morgan fingerprint density at radius 1 is 1.07 bits per heavy atom. The molecule has 0 fully saturated rings. The van der Waals surface area contributed by atoms with E-state index in [4.69, 9.17) is 16.2 Å². The standard InChI is InChI=1S/C21H34N4O5/c1-12(2)16(22)18(27)24-13(3)17(26)25-15-9-7-14(8-10-15)21(29,20(4,5)6)11-30-19(23)28/h7-10,12-13,16,29H,11,22H2,1-6H3,(H2,23,28)(H,24,27)(H,25,26)/t13-,16-,21+/m0/s1. The summed E-state index contributed by atoms with van der Waals surface area (Å²) in [6, 6.07) is 5.01. The first kappa shape index (κ1) is 25.4. The van der Waals surface area contributed by atoms with Crippen molar-refractivity contribution in [3.63, 3.8) is 0 Å². The molecule has 1 aromatic carbocycles. The van der Waals surface area contributed by atoms with Gasteiger partial charge in [-0.15, -0.1) is 0 Å². The molecular weight excluding hydrogens is 388 g/mol. The SMILES string of the molecule is CC(C)[C@H](N)C(=O)N[C@@H](C)C(=O)Nc1ccc([C@](O)(COC(N)=O)C(C)(C)C)cc1. The fourth-order valence-electron chi connectivity index (χ4n) is 2.67. The van der Waals surface area contributed by atoms with E-state index >= 15 is 0 Å². The second-order valence-corrected chi connectivity index (χ2v) is 8.78. The number of nitrogens with one attached hydrogen (secondary N) is 2. The van der Waals surface area contributed by atoms with Crippen LogP contribution in [-0.4, -0.2) is 41.7 Å². The summed E-state index contributed by atoms with van der Waals surface area (Å²) in [5.41, 5.74) is 9.65. The second kappa shape index (κ2) is 9.90. The summed E-state index contributed by atoms with van der Waals surface area (Å²) in [4.78, 5) is 35.4. The van der Waals surface area contributed by atoms with Crippen LogP contribution in [0.1, 0.15) is 47.1 Å². The number of amides is 3. The number of rotatable bonds is 8. The van der Waals surface area contributed by atoms with Gasteiger partial charge in [-0.1, -0.05) is 46.8 Å². The molecular formula is C21H34N4O5. The minimum Gasteiger partial charge on any atom is -0.446 e. The summed E-state index contributed by atoms with van der Waals surface area (Å²) in [6.07, 6.45) is -0.977. The van der Waals surface area contributed by atoms with Gasteiger partial charge in [-0.05, 0) is 36.0 Å². The van der Waals surface area contributed by atoms with Crippen molar-refractivity contribution in [2.45, 2.75) is 59.2 Å². The minimum atomic E-state index is -1.49. The summed E-state index contributed by atoms with van der Waals surface area (Å²) in [5, 5.41) is 16.4. The zero-order chi connectivity index (χ0) is 23.3. The fraction of sp³-hybridized carbons (Fsp3) is 0.571. The highest BCUT2D eigenvalue weighted by Gasteiger charge is 2.43. The van der Waals surface area contributed by atoms with Crippen LogP contribution in [0.5, 0.6) is 0 Å². The van der Waals surface area contributed by atoms with Crippen molar-refractivity contribution in [1.82, 2.24) is 5.32 Å². The molecule has 1 rings (SSSR count). The molecule has 0 heterocycles. The van der Waals surface area contributed by atoms with Crippen molar-refractivity contribution >= 4 is 23.6 Å². The predicted molar refractivity (Wildman–Crippen MR) is 114 cm³/mol. The van der Waals surface area contributed by atoms with Gasteiger partial charge in [0, 0.05) is 5.69 Å². The lowest BCUT2D eigenvalue weighted by molar-refractivity contribution is -0.127. The highest BCUT2D eigenvalue weighted by Crippen LogP contribution is 2.40. The number of anilines is 1. The molecule has 7 N–H and O–H groups in total. The number of aliphatic hydroxyl groups is 1. The number of benzene rings is 1. The van der Waals surface area contributed by atoms with Gasteiger partial charge in [0.25, 0.3) is 0 Å². The van der Waals surface area contributed by atoms with E-state index < -0.39 is 41.0 Å². The van der Waals surface area contributed by atoms with E-state index in [9.17, 15) is 19.5 Å². The Hall–Kier alpha value is -2.65. The van der Waals surface area contributed by atoms with Gasteiger partial charge in [0.15, 0.2) is 0 Å². The molecule has 0 saturated heterocycles. The van der Waals surface area contributed by atoms with E-state index in [0.717, 1.165) is 0 Å². The summed E-state index contributed by atoms with van der Waals surface area (Å²) in [6.45, 7) is 10.3. The van der Waals surface area contributed by atoms with Gasteiger partial charge in [-0.2, -0.15) is 0 Å². The Bertz CT molecular complexity index is 758. The maximum Gasteiger partial charge on any atom is 0.404 e. The Morgan fingerprint density at radius 3 is 2.03 bits per heavy atom. The maximum atomic E-state index is 12.4. The number of carbonyl (C=O) groups is 3. The molecule has 3 amide bonds. The summed E-state index contributed by atoms with van der Waals surface area (Å²) in [5.74, 6) is -0.851. The molecule has 0 unspecified atom stereocenters. The normalized spacial score (nSPS) is 15.6. The summed E-state index contributed by atoms with van der Waals surface area (Å²) in [7, 11) is 0. The molecule has 3 atom stereocenters. The molecule has 0 aliphatic carbocycles. The van der Waals surface area contributed by atoms with Gasteiger partial charge in [-0.3, -0.25) is 9.59 Å². The average Bonchev–Trinajstić information content (AvgIpc) is 2.64. The second-order valence-electron chi connectivity index (χ2n) is 8.78. The first-order valence-corrected chi connectivity index (χ1v) is 9.81. The Balaban J connectivity index is 2.89. The molecule has 0 saturated carbocycles. The first-order valence-electron chi connectivity index (χ1n) is 9.81. The lowest BCUT2D eigenvalue weighted by Crippen LogP contribution is -2.50. The van der Waals surface area contributed by atoms with Crippen molar-refractivity contribution in [3.8, 4) is 0 Å². The minimum absolute atomic E-state index is 0.0482. The quantitative estimate of drug-likeness (QED) is 0.427. The van der Waals surface area contributed by atoms with E-state index in [2.05, 4.69) is 10.6 Å². The van der Waals surface area contributed by atoms with Gasteiger partial charge in [-0.25, -0.2) is 4.79 Å². The van der Waals surface area contributed by atoms with E-state index in [-0.39, 0.29) is 12.5 Å². The Morgan fingerprint density at radius 2 is 1.60 bits per heavy atom. The molecule has 9 nitrogen and oxygen atoms in total. The lowest BCUT2D eigenvalue weighted by atomic mass is 9.72. The Kier molecular flexibility index (Phi) is 8.38. The third-order valence-corrected chi connectivity index (χ3v) is 5.07. The largest absolute Gasteiger partial charge is 0.446 e. The molecule has 9 heteroatoms. The van der Waals surface area contributed by atoms with E-state index in [0.29, 0.717) is 11.3 Å². The average molecular weight is 423 g/mol. The molecule has 0 aliphatic rings. The van der Waals surface area contributed by atoms with E-state index in [1.807, 2.05) is 13.8 Å². The van der Waals surface area contributed by atoms with Crippen molar-refractivity contribution in [3.05, 3.63) is 29.8 Å². The van der Waals surface area contributed by atoms with Crippen LogP contribution in [0.2, 0.25) is 0 Å². The van der Waals surface area contributed by atoms with Crippen LogP contribution in [0.15, 0.2) is 24.3 Å². The number of hydrogen-bond donors (Lipinski definition) is 5. The van der Waals surface area contributed by atoms with Gasteiger partial charge in [0.05, 0.1) is 6.04 Å². The zero-order valence-corrected chi connectivity index (χ0v) is 18.5. The van der Waals surface area contributed by atoms with Gasteiger partial charge in [0.2, 0.25) is 11.8 Å². The van der Waals surface area contributed by atoms with Crippen LogP contribution < -0.4 is 22.1 Å². The van der Waals surface area contributed by atoms with Crippen molar-refractivity contribution in [2.75, 3.05) is 11.9 Å². The number of ether oxygens (including phenoxy) is 1. The Labute approximate surface area is 177 Å². The van der Waals surface area contributed by atoms with Crippen LogP contribution in [0.25, 0.3) is 0 Å². The van der Waals surface area contributed by atoms with Crippen LogP contribution in [0.3, 0.4) is 0 Å². The van der Waals surface area contributed by atoms with Gasteiger partial charge < -0.3 is 31.9 Å². The van der Waals surface area contributed by atoms with Crippen LogP contribution in [-0.2, 0) is 19.9 Å². The van der Waals surface area contributed by atoms with E-state index in [1.165, 1.54) is 0 Å². The predicted octanol–water partition coefficient (Wildman–Crippen LogP) is 1.44. The number of carbonyl (C=O) groups excluding carboxylic acids is 3. The molecule has 0 bridgehead atoms. The van der Waals surface area contributed by atoms with E-state index in [1.54, 1.807) is 52.0 Å². The van der Waals surface area contributed by atoms with Crippen molar-refractivity contribution < 1.29 is 24.2 Å². The van der Waals surface area contributed by atoms with Crippen LogP contribution in [0, 0.1) is 11.3 Å². The number of hydrogen-bond acceptors (Lipinski definition) is 6. The highest BCUT2D eigenvalue weighted by atomic mass is 16.6. The molecule has 1 aromatic rings. The van der Waals surface area contributed by atoms with Crippen LogP contribution >= 0.6 is 0 Å². The van der Waals surface area contributed by atoms with Gasteiger partial charge >= 0.3 is 6.09 Å². The van der Waals surface area contributed by atoms with Crippen molar-refractivity contribution in [1.29, 1.82) is 0 Å². The number of primary amides is 1. The first-order chi connectivity index (χ1) is 13.7. The summed E-state index contributed by atoms with van der Waals surface area (Å²) < 4.78 is 4.86. The highest BCUT2D eigenvalue weighted by molar-refractivity contribution is 5.97. The third kappa shape index (κ3) is 6.43. The van der Waals surface area contributed by atoms with Crippen molar-refractivity contribution in [2.24, 2.45) is 22.8 Å². The molecule has 30 heavy (non-hydrogen) atoms. The topological polar surface area (TPSA) is 157 Å². The molecule has 0 radical (unpaired) electrons. The van der Waals surface area contributed by atoms with Gasteiger partial charge in [0.1, 0.15) is 18.2 Å². The lowest BCUT2D eigenvalue weighted by Gasteiger charge is -2.40. The molecule has 0 aliphatic heterocycles. The third-order valence-electron chi connectivity index (χ3n) is 5.07. The molecule has 168 valence electrons. The summed E-state index contributed by atoms with van der Waals surface area (Å²) >= 11 is 0. The zero-order valence-electron chi connectivity index (χ0n) is 18.5. The monoisotopic (exact) mass is 422 g/mol. The van der Waals surface area contributed by atoms with Crippen LogP contribution in [0.4, 0.5) is 10.5 Å². The molecule has 0 spiro atoms. The maximum absolute atomic E-state index is 12.4.